The lowest BCUT2D eigenvalue weighted by atomic mass is 9.95. The highest BCUT2D eigenvalue weighted by atomic mass is 16.5. The fourth-order valence-electron chi connectivity index (χ4n) is 1.16. The van der Waals surface area contributed by atoms with Crippen LogP contribution in [-0.4, -0.2) is 30.8 Å². The molecule has 5 nitrogen and oxygen atoms in total. The van der Waals surface area contributed by atoms with Crippen LogP contribution in [0, 0.1) is 5.41 Å². The minimum absolute atomic E-state index is 0.0208. The molecule has 0 aliphatic heterocycles. The lowest BCUT2D eigenvalue weighted by Gasteiger charge is -2.19. The Morgan fingerprint density at radius 3 is 2.56 bits per heavy atom. The molecule has 0 saturated heterocycles. The van der Waals surface area contributed by atoms with Crippen LogP contribution < -0.4 is 4.74 Å². The van der Waals surface area contributed by atoms with Crippen LogP contribution in [0.3, 0.4) is 0 Å². The van der Waals surface area contributed by atoms with Crippen molar-refractivity contribution in [3.63, 3.8) is 0 Å². The first-order valence-electron chi connectivity index (χ1n) is 5.41. The van der Waals surface area contributed by atoms with Crippen molar-refractivity contribution in [1.29, 1.82) is 0 Å². The number of carbonyl (C=O) groups excluding carboxylic acids is 1. The fraction of sp³-hybridized carbons (Fsp3) is 0.385. The van der Waals surface area contributed by atoms with Crippen molar-refractivity contribution >= 4 is 11.9 Å². The molecule has 0 spiro atoms. The summed E-state index contributed by atoms with van der Waals surface area (Å²) in [6.45, 7) is 3.16. The quantitative estimate of drug-likeness (QED) is 0.811. The molecule has 0 bridgehead atoms. The van der Waals surface area contributed by atoms with Crippen LogP contribution in [0.4, 0.5) is 0 Å². The van der Waals surface area contributed by atoms with Gasteiger partial charge in [0.15, 0.2) is 0 Å². The first-order valence-corrected chi connectivity index (χ1v) is 5.41. The minimum Gasteiger partial charge on any atom is -0.492 e. The number of methoxy groups -OCH3 is 1. The number of hydrogen-bond acceptors (Lipinski definition) is 4. The van der Waals surface area contributed by atoms with E-state index in [1.165, 1.54) is 13.2 Å². The number of esters is 1. The summed E-state index contributed by atoms with van der Waals surface area (Å²) in [7, 11) is 1.30. The molecule has 98 valence electrons. The number of ether oxygens (including phenoxy) is 2. The van der Waals surface area contributed by atoms with Gasteiger partial charge in [-0.05, 0) is 32.0 Å². The molecule has 0 amide bonds. The highest BCUT2D eigenvalue weighted by molar-refractivity contribution is 5.89. The predicted molar refractivity (Wildman–Crippen MR) is 64.7 cm³/mol. The second-order valence-electron chi connectivity index (χ2n) is 4.50. The Morgan fingerprint density at radius 1 is 1.33 bits per heavy atom. The Bertz CT molecular complexity index is 450. The van der Waals surface area contributed by atoms with Gasteiger partial charge in [-0.25, -0.2) is 4.79 Å². The van der Waals surface area contributed by atoms with Gasteiger partial charge in [0.25, 0.3) is 0 Å². The lowest BCUT2D eigenvalue weighted by molar-refractivity contribution is -0.148. The molecular weight excluding hydrogens is 236 g/mol. The Morgan fingerprint density at radius 2 is 2.00 bits per heavy atom. The summed E-state index contributed by atoms with van der Waals surface area (Å²) in [6.07, 6.45) is 0. The maximum Gasteiger partial charge on any atom is 0.337 e. The van der Waals surface area contributed by atoms with E-state index in [1.54, 1.807) is 32.0 Å². The molecule has 0 saturated carbocycles. The van der Waals surface area contributed by atoms with E-state index in [1.807, 2.05) is 0 Å². The van der Waals surface area contributed by atoms with Crippen LogP contribution >= 0.6 is 0 Å². The molecule has 0 aliphatic carbocycles. The second kappa shape index (κ2) is 5.53. The van der Waals surface area contributed by atoms with E-state index in [4.69, 9.17) is 9.84 Å². The van der Waals surface area contributed by atoms with E-state index in [2.05, 4.69) is 4.74 Å². The van der Waals surface area contributed by atoms with Gasteiger partial charge in [-0.3, -0.25) is 4.79 Å². The maximum atomic E-state index is 11.3. The van der Waals surface area contributed by atoms with Gasteiger partial charge in [-0.2, -0.15) is 0 Å². The van der Waals surface area contributed by atoms with Crippen LogP contribution in [0.1, 0.15) is 24.2 Å². The molecule has 5 heteroatoms. The van der Waals surface area contributed by atoms with Crippen molar-refractivity contribution in [3.8, 4) is 5.75 Å². The van der Waals surface area contributed by atoms with Gasteiger partial charge in [0.1, 0.15) is 12.4 Å². The molecule has 18 heavy (non-hydrogen) atoms. The number of carboxylic acid groups (broad SMARTS) is 1. The highest BCUT2D eigenvalue weighted by Crippen LogP contribution is 2.20. The van der Waals surface area contributed by atoms with Crippen LogP contribution in [-0.2, 0) is 9.53 Å². The first kappa shape index (κ1) is 14.0. The van der Waals surface area contributed by atoms with E-state index < -0.39 is 17.4 Å². The number of aliphatic carboxylic acids is 1. The SMILES string of the molecule is COC(=O)c1cccc(OCC(C)(C)C(=O)O)c1. The van der Waals surface area contributed by atoms with E-state index in [0.29, 0.717) is 11.3 Å². The summed E-state index contributed by atoms with van der Waals surface area (Å²) in [5.41, 5.74) is -0.621. The molecule has 0 radical (unpaired) electrons. The fourth-order valence-corrected chi connectivity index (χ4v) is 1.16. The largest absolute Gasteiger partial charge is 0.492 e. The summed E-state index contributed by atoms with van der Waals surface area (Å²) in [4.78, 5) is 22.2. The average molecular weight is 252 g/mol. The third-order valence-corrected chi connectivity index (χ3v) is 2.43. The minimum atomic E-state index is -0.985. The molecule has 0 unspecified atom stereocenters. The second-order valence-corrected chi connectivity index (χ2v) is 4.50. The van der Waals surface area contributed by atoms with Crippen LogP contribution in [0.2, 0.25) is 0 Å². The molecule has 0 atom stereocenters. The number of hydrogen-bond donors (Lipinski definition) is 1. The maximum absolute atomic E-state index is 11.3. The van der Waals surface area contributed by atoms with Gasteiger partial charge in [0.05, 0.1) is 18.1 Å². The Labute approximate surface area is 105 Å². The van der Waals surface area contributed by atoms with Crippen molar-refractivity contribution in [2.24, 2.45) is 5.41 Å². The summed E-state index contributed by atoms with van der Waals surface area (Å²) < 4.78 is 9.97. The van der Waals surface area contributed by atoms with Crippen molar-refractivity contribution in [2.75, 3.05) is 13.7 Å². The van der Waals surface area contributed by atoms with E-state index in [-0.39, 0.29) is 6.61 Å². The lowest BCUT2D eigenvalue weighted by Crippen LogP contribution is -2.30. The summed E-state index contributed by atoms with van der Waals surface area (Å²) in [5, 5.41) is 8.95. The Balaban J connectivity index is 2.74. The smallest absolute Gasteiger partial charge is 0.337 e. The number of rotatable bonds is 5. The van der Waals surface area contributed by atoms with Gasteiger partial charge in [-0.1, -0.05) is 6.07 Å². The first-order chi connectivity index (χ1) is 8.36. The van der Waals surface area contributed by atoms with Crippen LogP contribution in [0.15, 0.2) is 24.3 Å². The highest BCUT2D eigenvalue weighted by Gasteiger charge is 2.28. The number of carbonyl (C=O) groups is 2. The monoisotopic (exact) mass is 252 g/mol. The zero-order chi connectivity index (χ0) is 13.8. The molecule has 0 aliphatic rings. The molecule has 0 heterocycles. The van der Waals surface area contributed by atoms with Crippen LogP contribution in [0.25, 0.3) is 0 Å². The zero-order valence-electron chi connectivity index (χ0n) is 10.6. The molecule has 1 aromatic rings. The third-order valence-electron chi connectivity index (χ3n) is 2.43. The Kier molecular flexibility index (Phi) is 4.31. The van der Waals surface area contributed by atoms with E-state index in [9.17, 15) is 9.59 Å². The van der Waals surface area contributed by atoms with Gasteiger partial charge in [0.2, 0.25) is 0 Å². The van der Waals surface area contributed by atoms with Crippen molar-refractivity contribution in [2.45, 2.75) is 13.8 Å². The topological polar surface area (TPSA) is 72.8 Å². The summed E-state index contributed by atoms with van der Waals surface area (Å²) in [5.74, 6) is -0.961. The van der Waals surface area contributed by atoms with Crippen molar-refractivity contribution < 1.29 is 24.2 Å². The normalized spacial score (nSPS) is 10.8. The molecule has 0 aromatic heterocycles. The molecule has 1 N–H and O–H groups in total. The third kappa shape index (κ3) is 3.48. The van der Waals surface area contributed by atoms with Gasteiger partial charge in [-0.15, -0.1) is 0 Å². The summed E-state index contributed by atoms with van der Waals surface area (Å²) in [6, 6.07) is 6.42. The number of benzene rings is 1. The average Bonchev–Trinajstić information content (AvgIpc) is 2.35. The van der Waals surface area contributed by atoms with Crippen LogP contribution in [0.5, 0.6) is 5.75 Å². The van der Waals surface area contributed by atoms with Gasteiger partial charge in [0, 0.05) is 0 Å². The zero-order valence-corrected chi connectivity index (χ0v) is 10.6. The molecule has 0 fully saturated rings. The predicted octanol–water partition coefficient (Wildman–Crippen LogP) is 1.96. The molecule has 1 aromatic carbocycles. The van der Waals surface area contributed by atoms with Crippen molar-refractivity contribution in [1.82, 2.24) is 0 Å². The standard InChI is InChI=1S/C13H16O5/c1-13(2,12(15)16)8-18-10-6-4-5-9(7-10)11(14)17-3/h4-7H,8H2,1-3H3,(H,15,16). The molecular formula is C13H16O5. The Hall–Kier alpha value is -2.04. The molecule has 1 rings (SSSR count). The van der Waals surface area contributed by atoms with Gasteiger partial charge >= 0.3 is 11.9 Å². The summed E-state index contributed by atoms with van der Waals surface area (Å²) >= 11 is 0. The van der Waals surface area contributed by atoms with E-state index >= 15 is 0 Å². The van der Waals surface area contributed by atoms with Gasteiger partial charge < -0.3 is 14.6 Å². The number of carboxylic acids is 1. The van der Waals surface area contributed by atoms with E-state index in [0.717, 1.165) is 0 Å². The van der Waals surface area contributed by atoms with Crippen molar-refractivity contribution in [3.05, 3.63) is 29.8 Å².